The van der Waals surface area contributed by atoms with Crippen LogP contribution in [0.5, 0.6) is 0 Å². The van der Waals surface area contributed by atoms with Gasteiger partial charge in [0.1, 0.15) is 5.65 Å². The van der Waals surface area contributed by atoms with Crippen LogP contribution < -0.4 is 0 Å². The number of hydrogen-bond acceptors (Lipinski definition) is 3. The van der Waals surface area contributed by atoms with Gasteiger partial charge in [0.2, 0.25) is 0 Å². The Labute approximate surface area is 119 Å². The van der Waals surface area contributed by atoms with E-state index in [1.165, 1.54) is 0 Å². The highest BCUT2D eigenvalue weighted by atomic mass is 79.9. The van der Waals surface area contributed by atoms with E-state index in [1.807, 2.05) is 19.1 Å². The van der Waals surface area contributed by atoms with Gasteiger partial charge in [0, 0.05) is 35.2 Å². The zero-order chi connectivity index (χ0) is 13.4. The van der Waals surface area contributed by atoms with Crippen molar-refractivity contribution in [2.24, 2.45) is 0 Å². The van der Waals surface area contributed by atoms with Crippen LogP contribution >= 0.6 is 15.9 Å². The summed E-state index contributed by atoms with van der Waals surface area (Å²) in [6, 6.07) is 3.87. The molecular weight excluding hydrogens is 304 g/mol. The lowest BCUT2D eigenvalue weighted by Gasteiger charge is -2.05. The van der Waals surface area contributed by atoms with Gasteiger partial charge in [-0.15, -0.1) is 0 Å². The maximum absolute atomic E-state index is 4.68. The molecule has 0 fully saturated rings. The topological polar surface area (TPSA) is 43.6 Å². The summed E-state index contributed by atoms with van der Waals surface area (Å²) in [4.78, 5) is 13.4. The molecule has 4 nitrogen and oxygen atoms in total. The first-order chi connectivity index (χ1) is 9.20. The number of rotatable bonds is 2. The molecule has 0 amide bonds. The lowest BCUT2D eigenvalue weighted by molar-refractivity contribution is 0.785. The van der Waals surface area contributed by atoms with Gasteiger partial charge in [0.15, 0.2) is 5.82 Å². The second-order valence-corrected chi connectivity index (χ2v) is 5.19. The summed E-state index contributed by atoms with van der Waals surface area (Å²) in [5, 5.41) is 1.08. The fraction of sp³-hybridized carbons (Fsp3) is 0.214. The Morgan fingerprint density at radius 2 is 2.16 bits per heavy atom. The van der Waals surface area contributed by atoms with Gasteiger partial charge in [-0.3, -0.25) is 4.98 Å². The normalized spacial score (nSPS) is 11.1. The zero-order valence-electron chi connectivity index (χ0n) is 10.8. The van der Waals surface area contributed by atoms with Crippen molar-refractivity contribution in [2.75, 3.05) is 0 Å². The number of fused-ring (bicyclic) bond motifs is 1. The monoisotopic (exact) mass is 316 g/mol. The molecule has 0 unspecified atom stereocenters. The molecule has 0 atom stereocenters. The van der Waals surface area contributed by atoms with Crippen LogP contribution in [0.4, 0.5) is 0 Å². The Kier molecular flexibility index (Phi) is 3.06. The Morgan fingerprint density at radius 1 is 1.32 bits per heavy atom. The molecule has 19 heavy (non-hydrogen) atoms. The van der Waals surface area contributed by atoms with Crippen LogP contribution in [-0.4, -0.2) is 19.5 Å². The summed E-state index contributed by atoms with van der Waals surface area (Å²) >= 11 is 3.58. The average molecular weight is 317 g/mol. The Hall–Kier alpha value is -1.75. The van der Waals surface area contributed by atoms with E-state index in [1.54, 1.807) is 12.4 Å². The standard InChI is InChI=1S/C14H13BrN4/c1-3-19-8-11(15)12-9(2)17-13(18-14(12)19)10-5-4-6-16-7-10/h4-8H,3H2,1-2H3. The van der Waals surface area contributed by atoms with Crippen LogP contribution in [0.3, 0.4) is 0 Å². The predicted octanol–water partition coefficient (Wildman–Crippen LogP) is 3.58. The van der Waals surface area contributed by atoms with E-state index in [0.29, 0.717) is 0 Å². The van der Waals surface area contributed by atoms with Crippen molar-refractivity contribution in [1.29, 1.82) is 0 Å². The molecular formula is C14H13BrN4. The number of halogens is 1. The summed E-state index contributed by atoms with van der Waals surface area (Å²) in [6.07, 6.45) is 5.59. The lowest BCUT2D eigenvalue weighted by Crippen LogP contribution is -1.98. The van der Waals surface area contributed by atoms with Crippen molar-refractivity contribution < 1.29 is 0 Å². The summed E-state index contributed by atoms with van der Waals surface area (Å²) in [7, 11) is 0. The van der Waals surface area contributed by atoms with Crippen LogP contribution in [0.15, 0.2) is 35.2 Å². The third-order valence-electron chi connectivity index (χ3n) is 3.11. The van der Waals surface area contributed by atoms with Gasteiger partial charge in [0.05, 0.1) is 11.1 Å². The number of pyridine rings is 1. The smallest absolute Gasteiger partial charge is 0.163 e. The van der Waals surface area contributed by atoms with Crippen LogP contribution in [0.1, 0.15) is 12.6 Å². The molecule has 3 rings (SSSR count). The summed E-state index contributed by atoms with van der Waals surface area (Å²) in [5.41, 5.74) is 2.87. The van der Waals surface area contributed by atoms with Crippen LogP contribution in [-0.2, 0) is 6.54 Å². The molecule has 0 bridgehead atoms. The predicted molar refractivity (Wildman–Crippen MR) is 78.9 cm³/mol. The molecule has 0 N–H and O–H groups in total. The number of aromatic nitrogens is 4. The van der Waals surface area contributed by atoms with Gasteiger partial charge in [-0.25, -0.2) is 9.97 Å². The largest absolute Gasteiger partial charge is 0.331 e. The first kappa shape index (κ1) is 12.3. The van der Waals surface area contributed by atoms with Crippen LogP contribution in [0.2, 0.25) is 0 Å². The Balaban J connectivity index is 2.30. The molecule has 96 valence electrons. The van der Waals surface area contributed by atoms with Crippen LogP contribution in [0.25, 0.3) is 22.4 Å². The maximum atomic E-state index is 4.68. The van der Waals surface area contributed by atoms with E-state index in [0.717, 1.165) is 39.1 Å². The zero-order valence-corrected chi connectivity index (χ0v) is 12.3. The maximum Gasteiger partial charge on any atom is 0.163 e. The fourth-order valence-electron chi connectivity index (χ4n) is 2.17. The van der Waals surface area contributed by atoms with Crippen molar-refractivity contribution in [1.82, 2.24) is 19.5 Å². The van der Waals surface area contributed by atoms with E-state index < -0.39 is 0 Å². The second kappa shape index (κ2) is 4.74. The van der Waals surface area contributed by atoms with Gasteiger partial charge in [-0.05, 0) is 41.9 Å². The van der Waals surface area contributed by atoms with Gasteiger partial charge in [0.25, 0.3) is 0 Å². The molecule has 0 aliphatic carbocycles. The molecule has 0 aromatic carbocycles. The number of nitrogens with zero attached hydrogens (tertiary/aromatic N) is 4. The highest BCUT2D eigenvalue weighted by Gasteiger charge is 2.13. The summed E-state index contributed by atoms with van der Waals surface area (Å²) in [5.74, 6) is 0.721. The first-order valence-electron chi connectivity index (χ1n) is 6.14. The molecule has 0 saturated carbocycles. The molecule has 3 aromatic heterocycles. The first-order valence-corrected chi connectivity index (χ1v) is 6.93. The highest BCUT2D eigenvalue weighted by molar-refractivity contribution is 9.10. The second-order valence-electron chi connectivity index (χ2n) is 4.34. The highest BCUT2D eigenvalue weighted by Crippen LogP contribution is 2.29. The molecule has 3 heterocycles. The molecule has 0 aliphatic rings. The van der Waals surface area contributed by atoms with Gasteiger partial charge in [-0.1, -0.05) is 0 Å². The minimum atomic E-state index is 0.721. The van der Waals surface area contributed by atoms with Crippen molar-refractivity contribution in [2.45, 2.75) is 20.4 Å². The molecule has 0 radical (unpaired) electrons. The van der Waals surface area contributed by atoms with Gasteiger partial charge in [-0.2, -0.15) is 0 Å². The molecule has 5 heteroatoms. The summed E-state index contributed by atoms with van der Waals surface area (Å²) < 4.78 is 3.16. The van der Waals surface area contributed by atoms with Crippen molar-refractivity contribution in [3.63, 3.8) is 0 Å². The van der Waals surface area contributed by atoms with Crippen molar-refractivity contribution >= 4 is 27.0 Å². The third-order valence-corrected chi connectivity index (χ3v) is 3.71. The van der Waals surface area contributed by atoms with Gasteiger partial charge < -0.3 is 4.57 Å². The van der Waals surface area contributed by atoms with Crippen molar-refractivity contribution in [3.05, 3.63) is 40.9 Å². The lowest BCUT2D eigenvalue weighted by atomic mass is 10.2. The molecule has 0 saturated heterocycles. The number of aryl methyl sites for hydroxylation is 2. The minimum absolute atomic E-state index is 0.721. The van der Waals surface area contributed by atoms with E-state index in [2.05, 4.69) is 48.6 Å². The van der Waals surface area contributed by atoms with E-state index in [9.17, 15) is 0 Å². The summed E-state index contributed by atoms with van der Waals surface area (Å²) in [6.45, 7) is 4.99. The van der Waals surface area contributed by atoms with Crippen molar-refractivity contribution in [3.8, 4) is 11.4 Å². The molecule has 3 aromatic rings. The fourth-order valence-corrected chi connectivity index (χ4v) is 2.88. The Morgan fingerprint density at radius 3 is 2.84 bits per heavy atom. The van der Waals surface area contributed by atoms with E-state index in [4.69, 9.17) is 0 Å². The third kappa shape index (κ3) is 2.04. The number of hydrogen-bond donors (Lipinski definition) is 0. The average Bonchev–Trinajstić information content (AvgIpc) is 2.76. The van der Waals surface area contributed by atoms with Crippen LogP contribution in [0, 0.1) is 6.92 Å². The molecule has 0 spiro atoms. The Bertz CT molecular complexity index is 734. The quantitative estimate of drug-likeness (QED) is 0.725. The van der Waals surface area contributed by atoms with Gasteiger partial charge >= 0.3 is 0 Å². The van der Waals surface area contributed by atoms with E-state index in [-0.39, 0.29) is 0 Å². The van der Waals surface area contributed by atoms with E-state index >= 15 is 0 Å². The molecule has 0 aliphatic heterocycles. The SMILES string of the molecule is CCn1cc(Br)c2c(C)nc(-c3cccnc3)nc21. The minimum Gasteiger partial charge on any atom is -0.331 e.